The molecule has 1 rings (SSSR count). The van der Waals surface area contributed by atoms with E-state index in [1.54, 1.807) is 5.32 Å². The third-order valence-corrected chi connectivity index (χ3v) is 2.58. The predicted molar refractivity (Wildman–Crippen MR) is 49.2 cm³/mol. The molecule has 16 heavy (non-hydrogen) atoms. The molecule has 88 valence electrons. The average Bonchev–Trinajstić information content (AvgIpc) is 2.60. The average molecular weight is 253 g/mol. The molecule has 1 amide bonds. The van der Waals surface area contributed by atoms with Gasteiger partial charge in [0.1, 0.15) is 4.88 Å². The number of carbonyl (C=O) groups is 2. The topological polar surface area (TPSA) is 66.4 Å². The maximum absolute atomic E-state index is 11.8. The van der Waals surface area contributed by atoms with E-state index in [0.29, 0.717) is 0 Å². The molecule has 8 heteroatoms. The van der Waals surface area contributed by atoms with Crippen LogP contribution in [0.4, 0.5) is 13.2 Å². The van der Waals surface area contributed by atoms with Gasteiger partial charge in [0.15, 0.2) is 0 Å². The molecule has 0 fully saturated rings. The summed E-state index contributed by atoms with van der Waals surface area (Å²) < 4.78 is 35.4. The third kappa shape index (κ3) is 2.96. The lowest BCUT2D eigenvalue weighted by Gasteiger charge is -2.07. The summed E-state index contributed by atoms with van der Waals surface area (Å²) in [6, 6.07) is 1.35. The Balaban J connectivity index is 2.65. The lowest BCUT2D eigenvalue weighted by atomic mass is 10.2. The number of rotatable bonds is 3. The number of nitrogens with one attached hydrogen (secondary N) is 1. The van der Waals surface area contributed by atoms with Crippen LogP contribution < -0.4 is 5.32 Å². The third-order valence-electron chi connectivity index (χ3n) is 1.64. The van der Waals surface area contributed by atoms with Crippen molar-refractivity contribution in [3.8, 4) is 0 Å². The first-order valence-corrected chi connectivity index (χ1v) is 4.85. The maximum atomic E-state index is 11.8. The molecule has 1 aromatic heterocycles. The van der Waals surface area contributed by atoms with Crippen molar-refractivity contribution in [1.29, 1.82) is 0 Å². The Morgan fingerprint density at radius 3 is 2.56 bits per heavy atom. The molecule has 2 N–H and O–H groups in total. The molecule has 0 radical (unpaired) electrons. The van der Waals surface area contributed by atoms with E-state index in [4.69, 9.17) is 5.11 Å². The molecular formula is C8H6F3NO3S. The number of aromatic carboxylic acids is 1. The van der Waals surface area contributed by atoms with Crippen LogP contribution in [-0.4, -0.2) is 23.2 Å². The van der Waals surface area contributed by atoms with E-state index in [9.17, 15) is 22.8 Å². The minimum absolute atomic E-state index is 0.0810. The summed E-state index contributed by atoms with van der Waals surface area (Å²) >= 11 is 0.885. The molecule has 0 spiro atoms. The molecule has 0 aliphatic heterocycles. The highest BCUT2D eigenvalue weighted by molar-refractivity contribution is 7.12. The van der Waals surface area contributed by atoms with Crippen LogP contribution in [0.15, 0.2) is 11.4 Å². The van der Waals surface area contributed by atoms with Crippen molar-refractivity contribution < 1.29 is 27.9 Å². The summed E-state index contributed by atoms with van der Waals surface area (Å²) in [7, 11) is 0. The number of amides is 1. The first kappa shape index (κ1) is 12.5. The molecule has 0 bridgehead atoms. The highest BCUT2D eigenvalue weighted by Gasteiger charge is 2.38. The van der Waals surface area contributed by atoms with Gasteiger partial charge < -0.3 is 10.4 Å². The Hall–Kier alpha value is -1.57. The van der Waals surface area contributed by atoms with E-state index in [0.717, 1.165) is 11.3 Å². The van der Waals surface area contributed by atoms with Gasteiger partial charge in [-0.3, -0.25) is 4.79 Å². The summed E-state index contributed by atoms with van der Waals surface area (Å²) in [5.41, 5.74) is 0.148. The number of hydrogen-bond acceptors (Lipinski definition) is 3. The molecular weight excluding hydrogens is 247 g/mol. The molecule has 0 aromatic carbocycles. The van der Waals surface area contributed by atoms with Crippen molar-refractivity contribution in [3.63, 3.8) is 0 Å². The quantitative estimate of drug-likeness (QED) is 0.860. The van der Waals surface area contributed by atoms with Crippen molar-refractivity contribution in [3.05, 3.63) is 21.9 Å². The zero-order valence-corrected chi connectivity index (χ0v) is 8.48. The van der Waals surface area contributed by atoms with E-state index >= 15 is 0 Å². The number of hydrogen-bond donors (Lipinski definition) is 2. The maximum Gasteiger partial charge on any atom is 0.471 e. The number of thiophene rings is 1. The number of carboxylic acid groups (broad SMARTS) is 1. The fourth-order valence-corrected chi connectivity index (χ4v) is 1.70. The van der Waals surface area contributed by atoms with Crippen molar-refractivity contribution >= 4 is 23.2 Å². The van der Waals surface area contributed by atoms with Gasteiger partial charge in [-0.25, -0.2) is 4.79 Å². The lowest BCUT2D eigenvalue weighted by molar-refractivity contribution is -0.173. The van der Waals surface area contributed by atoms with Crippen molar-refractivity contribution in [2.24, 2.45) is 0 Å². The second-order valence-electron chi connectivity index (χ2n) is 2.76. The fourth-order valence-electron chi connectivity index (χ4n) is 0.938. The van der Waals surface area contributed by atoms with E-state index in [2.05, 4.69) is 0 Å². The molecule has 0 saturated heterocycles. The van der Waals surface area contributed by atoms with E-state index in [1.165, 1.54) is 11.4 Å². The Kier molecular flexibility index (Phi) is 3.53. The minimum Gasteiger partial charge on any atom is -0.477 e. The minimum atomic E-state index is -4.96. The van der Waals surface area contributed by atoms with Crippen molar-refractivity contribution in [1.82, 2.24) is 5.32 Å². The van der Waals surface area contributed by atoms with Crippen LogP contribution in [-0.2, 0) is 11.3 Å². The molecule has 1 aromatic rings. The summed E-state index contributed by atoms with van der Waals surface area (Å²) in [5, 5.41) is 11.7. The predicted octanol–water partition coefficient (Wildman–Crippen LogP) is 1.62. The number of carbonyl (C=O) groups excluding carboxylic acids is 1. The van der Waals surface area contributed by atoms with E-state index in [-0.39, 0.29) is 10.4 Å². The Bertz CT molecular complexity index is 413. The molecule has 0 aliphatic rings. The van der Waals surface area contributed by atoms with Gasteiger partial charge in [0.25, 0.3) is 0 Å². The number of alkyl halides is 3. The smallest absolute Gasteiger partial charge is 0.471 e. The van der Waals surface area contributed by atoms with Crippen LogP contribution in [0.25, 0.3) is 0 Å². The van der Waals surface area contributed by atoms with Crippen LogP contribution >= 0.6 is 11.3 Å². The largest absolute Gasteiger partial charge is 0.477 e. The molecule has 0 unspecified atom stereocenters. The van der Waals surface area contributed by atoms with Gasteiger partial charge >= 0.3 is 18.1 Å². The van der Waals surface area contributed by atoms with E-state index in [1.807, 2.05) is 0 Å². The summed E-state index contributed by atoms with van der Waals surface area (Å²) in [6.07, 6.45) is -4.96. The second-order valence-corrected chi connectivity index (χ2v) is 3.68. The zero-order valence-electron chi connectivity index (χ0n) is 7.67. The summed E-state index contributed by atoms with van der Waals surface area (Å²) in [5.74, 6) is -3.32. The van der Waals surface area contributed by atoms with E-state index < -0.39 is 24.6 Å². The fraction of sp³-hybridized carbons (Fsp3) is 0.250. The van der Waals surface area contributed by atoms with Crippen LogP contribution in [0.5, 0.6) is 0 Å². The van der Waals surface area contributed by atoms with Gasteiger partial charge in [0, 0.05) is 6.54 Å². The Labute approximate surface area is 91.7 Å². The molecule has 0 atom stereocenters. The second kappa shape index (κ2) is 4.52. The van der Waals surface area contributed by atoms with Crippen molar-refractivity contribution in [2.75, 3.05) is 0 Å². The SMILES string of the molecule is O=C(O)c1sccc1CNC(=O)C(F)(F)F. The van der Waals surface area contributed by atoms with Gasteiger partial charge in [-0.2, -0.15) is 13.2 Å². The molecule has 0 saturated carbocycles. The van der Waals surface area contributed by atoms with Gasteiger partial charge in [-0.15, -0.1) is 11.3 Å². The van der Waals surface area contributed by atoms with Gasteiger partial charge in [-0.05, 0) is 17.0 Å². The molecule has 0 aliphatic carbocycles. The summed E-state index contributed by atoms with van der Waals surface area (Å²) in [4.78, 5) is 21.0. The normalized spacial score (nSPS) is 11.2. The van der Waals surface area contributed by atoms with Crippen LogP contribution in [0.2, 0.25) is 0 Å². The first-order chi connectivity index (χ1) is 7.32. The van der Waals surface area contributed by atoms with Crippen LogP contribution in [0, 0.1) is 0 Å². The van der Waals surface area contributed by atoms with Gasteiger partial charge in [0.05, 0.1) is 0 Å². The monoisotopic (exact) mass is 253 g/mol. The van der Waals surface area contributed by atoms with Crippen LogP contribution in [0.1, 0.15) is 15.2 Å². The molecule has 4 nitrogen and oxygen atoms in total. The zero-order chi connectivity index (χ0) is 12.3. The highest BCUT2D eigenvalue weighted by atomic mass is 32.1. The number of halogens is 3. The lowest BCUT2D eigenvalue weighted by Crippen LogP contribution is -2.36. The van der Waals surface area contributed by atoms with Gasteiger partial charge in [-0.1, -0.05) is 0 Å². The summed E-state index contributed by atoms with van der Waals surface area (Å²) in [6.45, 7) is -0.455. The van der Waals surface area contributed by atoms with Crippen LogP contribution in [0.3, 0.4) is 0 Å². The van der Waals surface area contributed by atoms with Gasteiger partial charge in [0.2, 0.25) is 0 Å². The Morgan fingerprint density at radius 2 is 2.06 bits per heavy atom. The first-order valence-electron chi connectivity index (χ1n) is 3.97. The Morgan fingerprint density at radius 1 is 1.44 bits per heavy atom. The highest BCUT2D eigenvalue weighted by Crippen LogP contribution is 2.18. The number of carboxylic acids is 1. The molecule has 1 heterocycles. The van der Waals surface area contributed by atoms with Crippen molar-refractivity contribution in [2.45, 2.75) is 12.7 Å². The standard InChI is InChI=1S/C8H6F3NO3S/c9-8(10,11)7(15)12-3-4-1-2-16-5(4)6(13)14/h1-2H,3H2,(H,12,15)(H,13,14).